The van der Waals surface area contributed by atoms with Gasteiger partial charge in [0, 0.05) is 24.6 Å². The molecule has 4 heterocycles. The van der Waals surface area contributed by atoms with Crippen molar-refractivity contribution in [1.29, 1.82) is 0 Å². The monoisotopic (exact) mass is 293 g/mol. The summed E-state index contributed by atoms with van der Waals surface area (Å²) in [5.74, 6) is 1.84. The van der Waals surface area contributed by atoms with E-state index in [-0.39, 0.29) is 0 Å². The number of hydrogen-bond acceptors (Lipinski definition) is 4. The number of hydrogen-bond donors (Lipinski definition) is 0. The van der Waals surface area contributed by atoms with Gasteiger partial charge < -0.3 is 9.30 Å². The van der Waals surface area contributed by atoms with Gasteiger partial charge in [0.2, 0.25) is 0 Å². The Kier molecular flexibility index (Phi) is 3.06. The van der Waals surface area contributed by atoms with Crippen molar-refractivity contribution in [3.63, 3.8) is 0 Å². The van der Waals surface area contributed by atoms with Gasteiger partial charge in [-0.2, -0.15) is 0 Å². The Morgan fingerprint density at radius 2 is 2.05 bits per heavy atom. The van der Waals surface area contributed by atoms with Crippen LogP contribution < -0.4 is 4.90 Å². The van der Waals surface area contributed by atoms with Gasteiger partial charge in [-0.15, -0.1) is 0 Å². The molecule has 5 nitrogen and oxygen atoms in total. The van der Waals surface area contributed by atoms with Crippen molar-refractivity contribution in [2.24, 2.45) is 0 Å². The van der Waals surface area contributed by atoms with Gasteiger partial charge in [0.25, 0.3) is 0 Å². The van der Waals surface area contributed by atoms with Crippen LogP contribution in [0.2, 0.25) is 0 Å². The van der Waals surface area contributed by atoms with E-state index >= 15 is 0 Å². The van der Waals surface area contributed by atoms with Crippen molar-refractivity contribution in [1.82, 2.24) is 19.4 Å². The summed E-state index contributed by atoms with van der Waals surface area (Å²) in [4.78, 5) is 15.8. The van der Waals surface area contributed by atoms with Crippen LogP contribution in [0.1, 0.15) is 36.1 Å². The number of rotatable bonds is 2. The van der Waals surface area contributed by atoms with Gasteiger partial charge in [-0.25, -0.2) is 15.0 Å². The predicted octanol–water partition coefficient (Wildman–Crippen LogP) is 3.08. The van der Waals surface area contributed by atoms with Crippen molar-refractivity contribution in [3.8, 4) is 0 Å². The van der Waals surface area contributed by atoms with Crippen LogP contribution in [0.15, 0.2) is 36.7 Å². The summed E-state index contributed by atoms with van der Waals surface area (Å²) in [7, 11) is 0. The third kappa shape index (κ3) is 2.13. The van der Waals surface area contributed by atoms with E-state index in [2.05, 4.69) is 48.6 Å². The van der Waals surface area contributed by atoms with Gasteiger partial charge in [0.05, 0.1) is 11.7 Å². The maximum atomic E-state index is 4.61. The second-order valence-electron chi connectivity index (χ2n) is 5.87. The summed E-state index contributed by atoms with van der Waals surface area (Å²) < 4.78 is 2.21. The normalized spacial score (nSPS) is 18.3. The molecule has 0 radical (unpaired) electrons. The first-order valence-electron chi connectivity index (χ1n) is 7.73. The Hall–Kier alpha value is -2.43. The van der Waals surface area contributed by atoms with E-state index in [1.54, 1.807) is 0 Å². The van der Waals surface area contributed by atoms with Crippen molar-refractivity contribution < 1.29 is 0 Å². The standard InChI is InChI=1S/C17H19N5/c1-12-11-22-15(5-3-7-16(22)19-12)14-6-4-10-21(14)17-8-9-18-13(2)20-17/h3,5,7-9,11,14H,4,6,10H2,1-2H3. The highest BCUT2D eigenvalue weighted by Crippen LogP contribution is 2.35. The van der Waals surface area contributed by atoms with E-state index in [9.17, 15) is 0 Å². The molecule has 0 spiro atoms. The zero-order valence-corrected chi connectivity index (χ0v) is 12.9. The Morgan fingerprint density at radius 3 is 2.91 bits per heavy atom. The Bertz CT molecular complexity index is 823. The van der Waals surface area contributed by atoms with Crippen LogP contribution >= 0.6 is 0 Å². The quantitative estimate of drug-likeness (QED) is 0.728. The number of pyridine rings is 1. The summed E-state index contributed by atoms with van der Waals surface area (Å²) in [6, 6.07) is 8.70. The second kappa shape index (κ2) is 5.09. The zero-order chi connectivity index (χ0) is 15.1. The number of imidazole rings is 1. The lowest BCUT2D eigenvalue weighted by Gasteiger charge is -2.26. The molecular weight excluding hydrogens is 274 g/mol. The van der Waals surface area contributed by atoms with Gasteiger partial charge in [-0.05, 0) is 44.9 Å². The Balaban J connectivity index is 1.80. The Labute approximate surface area is 129 Å². The van der Waals surface area contributed by atoms with E-state index in [0.717, 1.165) is 35.9 Å². The van der Waals surface area contributed by atoms with Gasteiger partial charge in [-0.1, -0.05) is 6.07 Å². The molecular formula is C17H19N5. The molecule has 0 aliphatic carbocycles. The number of nitrogens with zero attached hydrogens (tertiary/aromatic N) is 5. The largest absolute Gasteiger partial charge is 0.348 e. The number of anilines is 1. The summed E-state index contributed by atoms with van der Waals surface area (Å²) >= 11 is 0. The molecule has 0 N–H and O–H groups in total. The van der Waals surface area contributed by atoms with Crippen LogP contribution in [-0.4, -0.2) is 25.9 Å². The minimum Gasteiger partial charge on any atom is -0.348 e. The second-order valence-corrected chi connectivity index (χ2v) is 5.87. The summed E-state index contributed by atoms with van der Waals surface area (Å²) in [5, 5.41) is 0. The lowest BCUT2D eigenvalue weighted by molar-refractivity contribution is 0.675. The highest BCUT2D eigenvalue weighted by atomic mass is 15.2. The van der Waals surface area contributed by atoms with Crippen LogP contribution in [0, 0.1) is 13.8 Å². The first-order valence-corrected chi connectivity index (χ1v) is 7.73. The molecule has 3 aromatic rings. The smallest absolute Gasteiger partial charge is 0.137 e. The van der Waals surface area contributed by atoms with Gasteiger partial charge in [0.1, 0.15) is 17.3 Å². The number of aryl methyl sites for hydroxylation is 2. The van der Waals surface area contributed by atoms with E-state index in [1.807, 2.05) is 26.1 Å². The first-order chi connectivity index (χ1) is 10.7. The molecule has 3 aromatic heterocycles. The van der Waals surface area contributed by atoms with Gasteiger partial charge in [0.15, 0.2) is 0 Å². The predicted molar refractivity (Wildman–Crippen MR) is 86.0 cm³/mol. The fraction of sp³-hybridized carbons (Fsp3) is 0.353. The van der Waals surface area contributed by atoms with Gasteiger partial charge >= 0.3 is 0 Å². The van der Waals surface area contributed by atoms with Crippen molar-refractivity contribution in [2.75, 3.05) is 11.4 Å². The molecule has 0 bridgehead atoms. The van der Waals surface area contributed by atoms with Crippen LogP contribution in [0.25, 0.3) is 5.65 Å². The fourth-order valence-corrected chi connectivity index (χ4v) is 3.38. The van der Waals surface area contributed by atoms with Crippen LogP contribution in [0.5, 0.6) is 0 Å². The highest BCUT2D eigenvalue weighted by molar-refractivity contribution is 5.47. The number of fused-ring (bicyclic) bond motifs is 1. The maximum absolute atomic E-state index is 4.61. The van der Waals surface area contributed by atoms with Crippen molar-refractivity contribution >= 4 is 11.5 Å². The minimum atomic E-state index is 0.339. The fourth-order valence-electron chi connectivity index (χ4n) is 3.38. The molecule has 1 atom stereocenters. The minimum absolute atomic E-state index is 0.339. The Morgan fingerprint density at radius 1 is 1.14 bits per heavy atom. The molecule has 4 rings (SSSR count). The zero-order valence-electron chi connectivity index (χ0n) is 12.9. The van der Waals surface area contributed by atoms with E-state index in [1.165, 1.54) is 12.1 Å². The average Bonchev–Trinajstić information content (AvgIpc) is 3.11. The number of aromatic nitrogens is 4. The van der Waals surface area contributed by atoms with Crippen LogP contribution in [0.4, 0.5) is 5.82 Å². The van der Waals surface area contributed by atoms with E-state index in [0.29, 0.717) is 6.04 Å². The van der Waals surface area contributed by atoms with E-state index < -0.39 is 0 Å². The van der Waals surface area contributed by atoms with Crippen LogP contribution in [0.3, 0.4) is 0 Å². The molecule has 1 unspecified atom stereocenters. The summed E-state index contributed by atoms with van der Waals surface area (Å²) in [6.07, 6.45) is 6.28. The van der Waals surface area contributed by atoms with Gasteiger partial charge in [-0.3, -0.25) is 0 Å². The SMILES string of the molecule is Cc1cn2c(C3CCCN3c3ccnc(C)n3)cccc2n1. The molecule has 0 aromatic carbocycles. The third-order valence-electron chi connectivity index (χ3n) is 4.29. The molecule has 112 valence electrons. The molecule has 1 aliphatic rings. The molecule has 1 aliphatic heterocycles. The third-order valence-corrected chi connectivity index (χ3v) is 4.29. The molecule has 22 heavy (non-hydrogen) atoms. The topological polar surface area (TPSA) is 46.3 Å². The summed E-state index contributed by atoms with van der Waals surface area (Å²) in [6.45, 7) is 5.01. The van der Waals surface area contributed by atoms with Crippen molar-refractivity contribution in [3.05, 3.63) is 53.9 Å². The van der Waals surface area contributed by atoms with E-state index in [4.69, 9.17) is 0 Å². The van der Waals surface area contributed by atoms with Crippen molar-refractivity contribution in [2.45, 2.75) is 32.7 Å². The van der Waals surface area contributed by atoms with Crippen LogP contribution in [-0.2, 0) is 0 Å². The highest BCUT2D eigenvalue weighted by Gasteiger charge is 2.29. The molecule has 0 amide bonds. The molecule has 1 fully saturated rings. The lowest BCUT2D eigenvalue weighted by atomic mass is 10.1. The molecule has 1 saturated heterocycles. The summed E-state index contributed by atoms with van der Waals surface area (Å²) in [5.41, 5.74) is 3.35. The molecule has 5 heteroatoms. The average molecular weight is 293 g/mol. The maximum Gasteiger partial charge on any atom is 0.137 e. The molecule has 0 saturated carbocycles. The first kappa shape index (κ1) is 13.2. The lowest BCUT2D eigenvalue weighted by Crippen LogP contribution is -2.25.